The maximum absolute atomic E-state index is 12.3. The Morgan fingerprint density at radius 1 is 1.17 bits per heavy atom. The molecule has 0 atom stereocenters. The normalized spacial score (nSPS) is 11.1. The van der Waals surface area contributed by atoms with Gasteiger partial charge in [0, 0.05) is 5.02 Å². The highest BCUT2D eigenvalue weighted by Gasteiger charge is 2.24. The van der Waals surface area contributed by atoms with Crippen LogP contribution in [0, 0.1) is 13.8 Å². The Bertz CT molecular complexity index is 979. The Morgan fingerprint density at radius 3 is 2.55 bits per heavy atom. The second-order valence-corrected chi connectivity index (χ2v) is 8.83. The number of nitrogens with zero attached hydrogens (tertiary/aromatic N) is 1. The summed E-state index contributed by atoms with van der Waals surface area (Å²) in [5.74, 6) is 0.577. The zero-order valence-corrected chi connectivity index (χ0v) is 18.4. The summed E-state index contributed by atoms with van der Waals surface area (Å²) in [5, 5.41) is 3.00. The number of benzene rings is 2. The molecule has 2 rings (SSSR count). The number of ether oxygens (including phenoxy) is 2. The molecule has 0 heterocycles. The Kier molecular flexibility index (Phi) is 7.75. The third-order valence-corrected chi connectivity index (χ3v) is 5.70. The molecule has 0 spiro atoms. The van der Waals surface area contributed by atoms with E-state index in [9.17, 15) is 13.2 Å². The molecule has 1 amide bonds. The minimum Gasteiger partial charge on any atom is -0.495 e. The highest BCUT2D eigenvalue weighted by molar-refractivity contribution is 7.92. The van der Waals surface area contributed by atoms with E-state index in [2.05, 4.69) is 5.32 Å². The number of sulfonamides is 1. The number of rotatable bonds is 9. The number of amides is 1. The fourth-order valence-corrected chi connectivity index (χ4v) is 3.68. The molecule has 0 unspecified atom stereocenters. The van der Waals surface area contributed by atoms with Crippen LogP contribution in [-0.2, 0) is 14.8 Å². The SMILES string of the molecule is COc1ccc(Cl)cc1N(CC(=O)NCCOc1cccc(C)c1C)S(C)(=O)=O. The molecule has 0 aromatic heterocycles. The minimum absolute atomic E-state index is 0.198. The van der Waals surface area contributed by atoms with Crippen LogP contribution in [0.25, 0.3) is 0 Å². The van der Waals surface area contributed by atoms with Crippen molar-refractivity contribution in [1.82, 2.24) is 5.32 Å². The van der Waals surface area contributed by atoms with Crippen molar-refractivity contribution in [3.8, 4) is 11.5 Å². The van der Waals surface area contributed by atoms with Gasteiger partial charge in [-0.15, -0.1) is 0 Å². The standard InChI is InChI=1S/C20H25ClN2O5S/c1-14-6-5-7-18(15(14)2)28-11-10-22-20(24)13-23(29(4,25)26)17-12-16(21)8-9-19(17)27-3/h5-9,12H,10-11,13H2,1-4H3,(H,22,24). The summed E-state index contributed by atoms with van der Waals surface area (Å²) in [6, 6.07) is 10.3. The number of halogens is 1. The fourth-order valence-electron chi connectivity index (χ4n) is 2.66. The van der Waals surface area contributed by atoms with Gasteiger partial charge in [0.25, 0.3) is 0 Å². The van der Waals surface area contributed by atoms with Crippen LogP contribution in [-0.4, -0.2) is 47.4 Å². The fraction of sp³-hybridized carbons (Fsp3) is 0.350. The zero-order valence-electron chi connectivity index (χ0n) is 16.9. The Hall–Kier alpha value is -2.45. The average molecular weight is 441 g/mol. The van der Waals surface area contributed by atoms with Gasteiger partial charge in [0.15, 0.2) is 0 Å². The number of carbonyl (C=O) groups excluding carboxylic acids is 1. The van der Waals surface area contributed by atoms with E-state index in [0.717, 1.165) is 27.4 Å². The first-order chi connectivity index (χ1) is 13.6. The van der Waals surface area contributed by atoms with E-state index in [4.69, 9.17) is 21.1 Å². The largest absolute Gasteiger partial charge is 0.495 e. The molecule has 2 aromatic rings. The van der Waals surface area contributed by atoms with Gasteiger partial charge in [0.1, 0.15) is 24.7 Å². The van der Waals surface area contributed by atoms with Crippen molar-refractivity contribution in [3.63, 3.8) is 0 Å². The van der Waals surface area contributed by atoms with Crippen LogP contribution in [0.4, 0.5) is 5.69 Å². The maximum atomic E-state index is 12.3. The molecule has 0 aliphatic rings. The lowest BCUT2D eigenvalue weighted by Gasteiger charge is -2.24. The van der Waals surface area contributed by atoms with E-state index in [1.165, 1.54) is 13.2 Å². The topological polar surface area (TPSA) is 84.9 Å². The molecule has 0 aliphatic carbocycles. The lowest BCUT2D eigenvalue weighted by Crippen LogP contribution is -2.41. The summed E-state index contributed by atoms with van der Waals surface area (Å²) in [6.07, 6.45) is 1.02. The Morgan fingerprint density at radius 2 is 1.90 bits per heavy atom. The molecular weight excluding hydrogens is 416 g/mol. The Balaban J connectivity index is 2.01. The molecule has 29 heavy (non-hydrogen) atoms. The number of hydrogen-bond donors (Lipinski definition) is 1. The predicted molar refractivity (Wildman–Crippen MR) is 115 cm³/mol. The van der Waals surface area contributed by atoms with Crippen molar-refractivity contribution >= 4 is 33.2 Å². The van der Waals surface area contributed by atoms with Crippen LogP contribution in [0.2, 0.25) is 5.02 Å². The summed E-state index contributed by atoms with van der Waals surface area (Å²) in [4.78, 5) is 12.3. The molecule has 0 radical (unpaired) electrons. The van der Waals surface area contributed by atoms with Gasteiger partial charge in [-0.05, 0) is 49.2 Å². The third-order valence-electron chi connectivity index (χ3n) is 4.33. The summed E-state index contributed by atoms with van der Waals surface area (Å²) in [7, 11) is -2.33. The van der Waals surface area contributed by atoms with Gasteiger partial charge in [-0.1, -0.05) is 23.7 Å². The monoisotopic (exact) mass is 440 g/mol. The molecular formula is C20H25ClN2O5S. The van der Waals surface area contributed by atoms with E-state index in [1.807, 2.05) is 32.0 Å². The van der Waals surface area contributed by atoms with E-state index in [1.54, 1.807) is 12.1 Å². The van der Waals surface area contributed by atoms with Crippen molar-refractivity contribution in [2.45, 2.75) is 13.8 Å². The molecule has 158 valence electrons. The van der Waals surface area contributed by atoms with E-state index < -0.39 is 22.5 Å². The first-order valence-corrected chi connectivity index (χ1v) is 11.1. The first-order valence-electron chi connectivity index (χ1n) is 8.90. The van der Waals surface area contributed by atoms with Crippen molar-refractivity contribution in [2.24, 2.45) is 0 Å². The number of carbonyl (C=O) groups is 1. The molecule has 0 aliphatic heterocycles. The van der Waals surface area contributed by atoms with E-state index >= 15 is 0 Å². The van der Waals surface area contributed by atoms with Gasteiger partial charge in [-0.2, -0.15) is 0 Å². The van der Waals surface area contributed by atoms with Crippen molar-refractivity contribution < 1.29 is 22.7 Å². The van der Waals surface area contributed by atoms with Gasteiger partial charge < -0.3 is 14.8 Å². The lowest BCUT2D eigenvalue weighted by molar-refractivity contribution is -0.119. The zero-order chi connectivity index (χ0) is 21.6. The number of aryl methyl sites for hydroxylation is 1. The lowest BCUT2D eigenvalue weighted by atomic mass is 10.1. The van der Waals surface area contributed by atoms with Crippen molar-refractivity contribution in [2.75, 3.05) is 37.4 Å². The van der Waals surface area contributed by atoms with Crippen molar-refractivity contribution in [1.29, 1.82) is 0 Å². The summed E-state index contributed by atoms with van der Waals surface area (Å²) in [6.45, 7) is 4.05. The predicted octanol–water partition coefficient (Wildman–Crippen LogP) is 2.93. The molecule has 1 N–H and O–H groups in total. The maximum Gasteiger partial charge on any atom is 0.240 e. The van der Waals surface area contributed by atoms with E-state index in [-0.39, 0.29) is 18.8 Å². The van der Waals surface area contributed by atoms with E-state index in [0.29, 0.717) is 10.8 Å². The number of hydrogen-bond acceptors (Lipinski definition) is 5. The van der Waals surface area contributed by atoms with Gasteiger partial charge >= 0.3 is 0 Å². The quantitative estimate of drug-likeness (QED) is 0.606. The number of methoxy groups -OCH3 is 1. The molecule has 0 saturated carbocycles. The van der Waals surface area contributed by atoms with Crippen LogP contribution in [0.3, 0.4) is 0 Å². The van der Waals surface area contributed by atoms with Gasteiger partial charge in [-0.3, -0.25) is 9.10 Å². The van der Waals surface area contributed by atoms with Gasteiger partial charge in [-0.25, -0.2) is 8.42 Å². The van der Waals surface area contributed by atoms with Crippen LogP contribution < -0.4 is 19.1 Å². The van der Waals surface area contributed by atoms with Crippen LogP contribution in [0.5, 0.6) is 11.5 Å². The summed E-state index contributed by atoms with van der Waals surface area (Å²) in [5.41, 5.74) is 2.35. The summed E-state index contributed by atoms with van der Waals surface area (Å²) < 4.78 is 36.4. The number of nitrogens with one attached hydrogen (secondary N) is 1. The molecule has 7 nitrogen and oxygen atoms in total. The van der Waals surface area contributed by atoms with Crippen LogP contribution >= 0.6 is 11.6 Å². The summed E-state index contributed by atoms with van der Waals surface area (Å²) >= 11 is 5.99. The van der Waals surface area contributed by atoms with Crippen LogP contribution in [0.15, 0.2) is 36.4 Å². The van der Waals surface area contributed by atoms with Crippen molar-refractivity contribution in [3.05, 3.63) is 52.5 Å². The molecule has 0 saturated heterocycles. The molecule has 0 bridgehead atoms. The molecule has 2 aromatic carbocycles. The third kappa shape index (κ3) is 6.27. The van der Waals surface area contributed by atoms with Gasteiger partial charge in [0.2, 0.25) is 15.9 Å². The Labute approximate surface area is 176 Å². The molecule has 0 fully saturated rings. The highest BCUT2D eigenvalue weighted by Crippen LogP contribution is 2.32. The molecule has 9 heteroatoms. The number of anilines is 1. The smallest absolute Gasteiger partial charge is 0.240 e. The minimum atomic E-state index is -3.74. The highest BCUT2D eigenvalue weighted by atomic mass is 35.5. The van der Waals surface area contributed by atoms with Gasteiger partial charge in [0.05, 0.1) is 25.6 Å². The second kappa shape index (κ2) is 9.84. The average Bonchev–Trinajstić information content (AvgIpc) is 2.65. The van der Waals surface area contributed by atoms with Crippen LogP contribution in [0.1, 0.15) is 11.1 Å². The second-order valence-electron chi connectivity index (χ2n) is 6.48. The first kappa shape index (κ1) is 22.8.